The van der Waals surface area contributed by atoms with Gasteiger partial charge in [0.1, 0.15) is 5.75 Å². The number of ether oxygens (including phenoxy) is 1. The lowest BCUT2D eigenvalue weighted by Gasteiger charge is -2.14. The number of hydrogen-bond donors (Lipinski definition) is 1. The van der Waals surface area contributed by atoms with Crippen molar-refractivity contribution >= 4 is 0 Å². The van der Waals surface area contributed by atoms with E-state index >= 15 is 0 Å². The highest BCUT2D eigenvalue weighted by molar-refractivity contribution is 5.29. The summed E-state index contributed by atoms with van der Waals surface area (Å²) in [5, 5.41) is 9.46. The van der Waals surface area contributed by atoms with Crippen molar-refractivity contribution in [2.24, 2.45) is 5.92 Å². The van der Waals surface area contributed by atoms with Crippen LogP contribution in [0, 0.1) is 5.92 Å². The van der Waals surface area contributed by atoms with E-state index in [0.29, 0.717) is 5.92 Å². The summed E-state index contributed by atoms with van der Waals surface area (Å²) in [6, 6.07) is 7.68. The summed E-state index contributed by atoms with van der Waals surface area (Å²) in [7, 11) is 0. The van der Waals surface area contributed by atoms with E-state index in [0.717, 1.165) is 30.8 Å². The quantitative estimate of drug-likeness (QED) is 0.797. The van der Waals surface area contributed by atoms with Crippen LogP contribution in [0.4, 0.5) is 0 Å². The monoisotopic (exact) mass is 222 g/mol. The number of hydrogen-bond acceptors (Lipinski definition) is 2. The lowest BCUT2D eigenvalue weighted by atomic mass is 10.1. The van der Waals surface area contributed by atoms with Gasteiger partial charge in [-0.05, 0) is 30.5 Å². The molecule has 0 spiro atoms. The molecule has 0 aliphatic rings. The molecule has 16 heavy (non-hydrogen) atoms. The standard InChI is InChI=1S/C14H22O2/c1-4-12(5-2)10-16-14-8-6-7-13(9-14)11(3)15/h6-9,11-12,15H,4-5,10H2,1-3H3/t11-/m0/s1. The van der Waals surface area contributed by atoms with E-state index in [9.17, 15) is 5.11 Å². The molecule has 0 heterocycles. The number of rotatable bonds is 6. The molecule has 2 nitrogen and oxygen atoms in total. The van der Waals surface area contributed by atoms with E-state index in [4.69, 9.17) is 4.74 Å². The van der Waals surface area contributed by atoms with Gasteiger partial charge in [-0.1, -0.05) is 38.8 Å². The fraction of sp³-hybridized carbons (Fsp3) is 0.571. The highest BCUT2D eigenvalue weighted by Crippen LogP contribution is 2.20. The number of aliphatic hydroxyl groups is 1. The second-order valence-electron chi connectivity index (χ2n) is 4.24. The van der Waals surface area contributed by atoms with Crippen LogP contribution in [0.2, 0.25) is 0 Å². The van der Waals surface area contributed by atoms with E-state index in [1.807, 2.05) is 24.3 Å². The van der Waals surface area contributed by atoms with Gasteiger partial charge in [0.25, 0.3) is 0 Å². The molecule has 0 fully saturated rings. The van der Waals surface area contributed by atoms with E-state index in [1.165, 1.54) is 0 Å². The van der Waals surface area contributed by atoms with Crippen molar-refractivity contribution in [3.63, 3.8) is 0 Å². The minimum Gasteiger partial charge on any atom is -0.493 e. The zero-order chi connectivity index (χ0) is 12.0. The Balaban J connectivity index is 2.56. The molecule has 0 aliphatic carbocycles. The molecule has 0 radical (unpaired) electrons. The summed E-state index contributed by atoms with van der Waals surface area (Å²) in [5.74, 6) is 1.47. The van der Waals surface area contributed by atoms with Gasteiger partial charge in [-0.25, -0.2) is 0 Å². The molecule has 1 rings (SSSR count). The predicted molar refractivity (Wildman–Crippen MR) is 66.6 cm³/mol. The third kappa shape index (κ3) is 3.86. The largest absolute Gasteiger partial charge is 0.493 e. The van der Waals surface area contributed by atoms with Gasteiger partial charge in [0.2, 0.25) is 0 Å². The molecule has 2 heteroatoms. The molecule has 0 aliphatic heterocycles. The Bertz CT molecular complexity index is 303. The van der Waals surface area contributed by atoms with Crippen molar-refractivity contribution in [3.05, 3.63) is 29.8 Å². The number of benzene rings is 1. The fourth-order valence-corrected chi connectivity index (χ4v) is 1.60. The van der Waals surface area contributed by atoms with Crippen LogP contribution in [0.1, 0.15) is 45.3 Å². The first kappa shape index (κ1) is 13.0. The van der Waals surface area contributed by atoms with Crippen LogP contribution < -0.4 is 4.74 Å². The van der Waals surface area contributed by atoms with Crippen molar-refractivity contribution in [1.82, 2.24) is 0 Å². The zero-order valence-corrected chi connectivity index (χ0v) is 10.4. The van der Waals surface area contributed by atoms with E-state index < -0.39 is 6.10 Å². The summed E-state index contributed by atoms with van der Waals surface area (Å²) < 4.78 is 5.73. The Hall–Kier alpha value is -1.02. The second kappa shape index (κ2) is 6.54. The van der Waals surface area contributed by atoms with Crippen LogP contribution in [0.25, 0.3) is 0 Å². The smallest absolute Gasteiger partial charge is 0.119 e. The Morgan fingerprint density at radius 1 is 1.25 bits per heavy atom. The molecule has 90 valence electrons. The SMILES string of the molecule is CCC(CC)COc1cccc([C@H](C)O)c1. The Morgan fingerprint density at radius 3 is 2.50 bits per heavy atom. The summed E-state index contributed by atoms with van der Waals surface area (Å²) in [6.45, 7) is 6.89. The van der Waals surface area contributed by atoms with Gasteiger partial charge in [0, 0.05) is 0 Å². The highest BCUT2D eigenvalue weighted by atomic mass is 16.5. The van der Waals surface area contributed by atoms with Crippen molar-refractivity contribution in [2.75, 3.05) is 6.61 Å². The first-order chi connectivity index (χ1) is 7.67. The van der Waals surface area contributed by atoms with Crippen molar-refractivity contribution in [2.45, 2.75) is 39.7 Å². The van der Waals surface area contributed by atoms with Crippen LogP contribution in [-0.4, -0.2) is 11.7 Å². The minimum absolute atomic E-state index is 0.434. The number of aliphatic hydroxyl groups excluding tert-OH is 1. The van der Waals surface area contributed by atoms with E-state index in [-0.39, 0.29) is 0 Å². The van der Waals surface area contributed by atoms with Crippen molar-refractivity contribution < 1.29 is 9.84 Å². The fourth-order valence-electron chi connectivity index (χ4n) is 1.60. The molecule has 0 saturated carbocycles. The second-order valence-corrected chi connectivity index (χ2v) is 4.24. The van der Waals surface area contributed by atoms with E-state index in [2.05, 4.69) is 13.8 Å². The van der Waals surface area contributed by atoms with Gasteiger partial charge in [0.15, 0.2) is 0 Å². The van der Waals surface area contributed by atoms with Crippen LogP contribution in [0.3, 0.4) is 0 Å². The maximum atomic E-state index is 9.46. The van der Waals surface area contributed by atoms with Crippen LogP contribution in [0.15, 0.2) is 24.3 Å². The predicted octanol–water partition coefficient (Wildman–Crippen LogP) is 3.55. The normalized spacial score (nSPS) is 12.8. The molecule has 0 unspecified atom stereocenters. The van der Waals surface area contributed by atoms with Crippen LogP contribution in [0.5, 0.6) is 5.75 Å². The first-order valence-corrected chi connectivity index (χ1v) is 6.08. The third-order valence-electron chi connectivity index (χ3n) is 2.98. The topological polar surface area (TPSA) is 29.5 Å². The molecule has 1 N–H and O–H groups in total. The summed E-state index contributed by atoms with van der Waals surface area (Å²) in [5.41, 5.74) is 0.905. The van der Waals surface area contributed by atoms with Gasteiger partial charge >= 0.3 is 0 Å². The highest BCUT2D eigenvalue weighted by Gasteiger charge is 2.06. The van der Waals surface area contributed by atoms with Gasteiger partial charge < -0.3 is 9.84 Å². The molecule has 1 aromatic rings. The lowest BCUT2D eigenvalue weighted by molar-refractivity contribution is 0.197. The molecule has 0 amide bonds. The Kier molecular flexibility index (Phi) is 5.33. The van der Waals surface area contributed by atoms with Crippen molar-refractivity contribution in [3.8, 4) is 5.75 Å². The molecule has 1 atom stereocenters. The zero-order valence-electron chi connectivity index (χ0n) is 10.4. The molecule has 0 saturated heterocycles. The average molecular weight is 222 g/mol. The van der Waals surface area contributed by atoms with Crippen LogP contribution in [-0.2, 0) is 0 Å². The first-order valence-electron chi connectivity index (χ1n) is 6.08. The van der Waals surface area contributed by atoms with Crippen LogP contribution >= 0.6 is 0 Å². The molecular weight excluding hydrogens is 200 g/mol. The molecule has 0 aromatic heterocycles. The summed E-state index contributed by atoms with van der Waals surface area (Å²) in [4.78, 5) is 0. The maximum Gasteiger partial charge on any atom is 0.119 e. The Morgan fingerprint density at radius 2 is 1.94 bits per heavy atom. The summed E-state index contributed by atoms with van der Waals surface area (Å²) in [6.07, 6.45) is 1.86. The lowest BCUT2D eigenvalue weighted by Crippen LogP contribution is -2.10. The Labute approximate surface area is 98.3 Å². The molecule has 0 bridgehead atoms. The van der Waals surface area contributed by atoms with Gasteiger partial charge in [-0.15, -0.1) is 0 Å². The third-order valence-corrected chi connectivity index (χ3v) is 2.98. The molecule has 1 aromatic carbocycles. The van der Waals surface area contributed by atoms with Crippen molar-refractivity contribution in [1.29, 1.82) is 0 Å². The maximum absolute atomic E-state index is 9.46. The minimum atomic E-state index is -0.434. The van der Waals surface area contributed by atoms with Gasteiger partial charge in [-0.2, -0.15) is 0 Å². The molecular formula is C14H22O2. The average Bonchev–Trinajstić information content (AvgIpc) is 2.31. The van der Waals surface area contributed by atoms with Gasteiger partial charge in [-0.3, -0.25) is 0 Å². The van der Waals surface area contributed by atoms with Gasteiger partial charge in [0.05, 0.1) is 12.7 Å². The van der Waals surface area contributed by atoms with E-state index in [1.54, 1.807) is 6.92 Å². The summed E-state index contributed by atoms with van der Waals surface area (Å²) >= 11 is 0.